The molecule has 4 aromatic rings. The summed E-state index contributed by atoms with van der Waals surface area (Å²) in [4.78, 5) is 4.72. The first-order valence-corrected chi connectivity index (χ1v) is 10.3. The summed E-state index contributed by atoms with van der Waals surface area (Å²) in [6.45, 7) is 0. The molecule has 0 saturated heterocycles. The molecule has 0 unspecified atom stereocenters. The third-order valence-corrected chi connectivity index (χ3v) is 5.89. The normalized spacial score (nSPS) is 10.8. The third kappa shape index (κ3) is 4.00. The maximum atomic E-state index is 5.20. The minimum atomic E-state index is 0.684. The second-order valence-corrected chi connectivity index (χ2v) is 7.53. The highest BCUT2D eigenvalue weighted by atomic mass is 32.2. The molecule has 0 atom stereocenters. The summed E-state index contributed by atoms with van der Waals surface area (Å²) in [5, 5.41) is 15.8. The first-order chi connectivity index (χ1) is 13.8. The van der Waals surface area contributed by atoms with Crippen molar-refractivity contribution in [1.82, 2.24) is 25.2 Å². The summed E-state index contributed by atoms with van der Waals surface area (Å²) >= 11 is 3.17. The number of benzene rings is 2. The van der Waals surface area contributed by atoms with Crippen LogP contribution < -0.4 is 9.47 Å². The van der Waals surface area contributed by atoms with Crippen LogP contribution in [0.2, 0.25) is 0 Å². The Bertz CT molecular complexity index is 1040. The number of thioether (sulfide) groups is 1. The molecule has 0 fully saturated rings. The largest absolute Gasteiger partial charge is 0.497 e. The van der Waals surface area contributed by atoms with Gasteiger partial charge in [-0.05, 0) is 59.0 Å². The van der Waals surface area contributed by atoms with Crippen molar-refractivity contribution in [3.63, 3.8) is 0 Å². The van der Waals surface area contributed by atoms with Gasteiger partial charge in [-0.15, -0.1) is 16.4 Å². The average molecular weight is 412 g/mol. The summed E-state index contributed by atoms with van der Waals surface area (Å²) in [7, 11) is 3.30. The predicted octanol–water partition coefficient (Wildman–Crippen LogP) is 4.10. The van der Waals surface area contributed by atoms with Crippen LogP contribution in [-0.4, -0.2) is 39.4 Å². The number of hydrogen-bond acceptors (Lipinski definition) is 8. The number of rotatable bonds is 7. The van der Waals surface area contributed by atoms with Crippen LogP contribution >= 0.6 is 23.1 Å². The Balaban J connectivity index is 1.45. The SMILES string of the molecule is COc1ccc(-c2nc(CSc3nnnn3-c3ccc(OC)cc3)cs2)cc1. The van der Waals surface area contributed by atoms with Crippen molar-refractivity contribution >= 4 is 23.1 Å². The second kappa shape index (κ2) is 8.41. The molecule has 0 radical (unpaired) electrons. The van der Waals surface area contributed by atoms with Gasteiger partial charge in [-0.1, -0.05) is 11.8 Å². The quantitative estimate of drug-likeness (QED) is 0.424. The zero-order valence-corrected chi connectivity index (χ0v) is 16.9. The standard InChI is InChI=1S/C19H17N5O2S2/c1-25-16-7-3-13(4-8-16)18-20-14(11-27-18)12-28-19-21-22-23-24(19)15-5-9-17(26-2)10-6-15/h3-11H,12H2,1-2H3. The second-order valence-electron chi connectivity index (χ2n) is 5.73. The fourth-order valence-electron chi connectivity index (χ4n) is 2.53. The number of hydrogen-bond donors (Lipinski definition) is 0. The van der Waals surface area contributed by atoms with Crippen molar-refractivity contribution in [3.8, 4) is 27.8 Å². The molecule has 28 heavy (non-hydrogen) atoms. The molecule has 0 saturated carbocycles. The van der Waals surface area contributed by atoms with Gasteiger partial charge in [-0.2, -0.15) is 4.68 Å². The third-order valence-electron chi connectivity index (χ3n) is 4.00. The highest BCUT2D eigenvalue weighted by molar-refractivity contribution is 7.98. The van der Waals surface area contributed by atoms with E-state index in [9.17, 15) is 0 Å². The summed E-state index contributed by atoms with van der Waals surface area (Å²) in [5.74, 6) is 2.31. The van der Waals surface area contributed by atoms with E-state index in [2.05, 4.69) is 20.9 Å². The van der Waals surface area contributed by atoms with Crippen LogP contribution in [0.15, 0.2) is 59.1 Å². The fourth-order valence-corrected chi connectivity index (χ4v) is 4.25. The molecule has 2 heterocycles. The van der Waals surface area contributed by atoms with Crippen LogP contribution in [0.5, 0.6) is 11.5 Å². The first kappa shape index (κ1) is 18.5. The van der Waals surface area contributed by atoms with Crippen LogP contribution in [0.4, 0.5) is 0 Å². The highest BCUT2D eigenvalue weighted by Crippen LogP contribution is 2.29. The van der Waals surface area contributed by atoms with Gasteiger partial charge in [0, 0.05) is 16.7 Å². The lowest BCUT2D eigenvalue weighted by Crippen LogP contribution is -1.99. The number of methoxy groups -OCH3 is 2. The van der Waals surface area contributed by atoms with E-state index in [0.29, 0.717) is 10.9 Å². The Labute approximate surface area is 170 Å². The molecule has 0 aliphatic heterocycles. The van der Waals surface area contributed by atoms with Crippen molar-refractivity contribution in [2.24, 2.45) is 0 Å². The van der Waals surface area contributed by atoms with Gasteiger partial charge in [0.05, 0.1) is 25.6 Å². The van der Waals surface area contributed by atoms with Gasteiger partial charge in [-0.3, -0.25) is 0 Å². The first-order valence-electron chi connectivity index (χ1n) is 8.41. The van der Waals surface area contributed by atoms with E-state index in [1.54, 1.807) is 42.0 Å². The van der Waals surface area contributed by atoms with Gasteiger partial charge < -0.3 is 9.47 Å². The van der Waals surface area contributed by atoms with Crippen molar-refractivity contribution < 1.29 is 9.47 Å². The van der Waals surface area contributed by atoms with E-state index >= 15 is 0 Å². The molecule has 0 spiro atoms. The van der Waals surface area contributed by atoms with Gasteiger partial charge in [0.2, 0.25) is 5.16 Å². The van der Waals surface area contributed by atoms with E-state index in [4.69, 9.17) is 14.5 Å². The summed E-state index contributed by atoms with van der Waals surface area (Å²) in [5.41, 5.74) is 2.95. The van der Waals surface area contributed by atoms with Crippen molar-refractivity contribution in [2.45, 2.75) is 10.9 Å². The molecule has 0 aliphatic carbocycles. The van der Waals surface area contributed by atoms with Crippen molar-refractivity contribution in [3.05, 3.63) is 59.6 Å². The zero-order valence-electron chi connectivity index (χ0n) is 15.3. The molecule has 0 bridgehead atoms. The average Bonchev–Trinajstić information content (AvgIpc) is 3.42. The topological polar surface area (TPSA) is 75.0 Å². The van der Waals surface area contributed by atoms with Gasteiger partial charge >= 0.3 is 0 Å². The minimum absolute atomic E-state index is 0.684. The van der Waals surface area contributed by atoms with Gasteiger partial charge in [0.25, 0.3) is 0 Å². The molecule has 2 aromatic carbocycles. The highest BCUT2D eigenvalue weighted by Gasteiger charge is 2.11. The Kier molecular flexibility index (Phi) is 5.54. The Hall–Kier alpha value is -2.91. The van der Waals surface area contributed by atoms with Gasteiger partial charge in [-0.25, -0.2) is 4.98 Å². The van der Waals surface area contributed by atoms with Gasteiger partial charge in [0.15, 0.2) is 0 Å². The molecule has 0 N–H and O–H groups in total. The van der Waals surface area contributed by atoms with Crippen LogP contribution in [-0.2, 0) is 5.75 Å². The molecule has 7 nitrogen and oxygen atoms in total. The number of ether oxygens (including phenoxy) is 2. The zero-order chi connectivity index (χ0) is 19.3. The molecular formula is C19H17N5O2S2. The van der Waals surface area contributed by atoms with Gasteiger partial charge in [0.1, 0.15) is 16.5 Å². The molecule has 2 aromatic heterocycles. The van der Waals surface area contributed by atoms with E-state index in [1.165, 1.54) is 0 Å². The van der Waals surface area contributed by atoms with Crippen LogP contribution in [0.3, 0.4) is 0 Å². The number of nitrogens with zero attached hydrogens (tertiary/aromatic N) is 5. The number of tetrazole rings is 1. The van der Waals surface area contributed by atoms with E-state index in [-0.39, 0.29) is 0 Å². The maximum Gasteiger partial charge on any atom is 0.214 e. The summed E-state index contributed by atoms with van der Waals surface area (Å²) < 4.78 is 12.1. The Morgan fingerprint density at radius 1 is 0.964 bits per heavy atom. The minimum Gasteiger partial charge on any atom is -0.497 e. The number of thiazole rings is 1. The Morgan fingerprint density at radius 2 is 1.64 bits per heavy atom. The van der Waals surface area contributed by atoms with Crippen molar-refractivity contribution in [2.75, 3.05) is 14.2 Å². The number of aromatic nitrogens is 5. The molecule has 0 aliphatic rings. The van der Waals surface area contributed by atoms with E-state index in [1.807, 2.05) is 48.5 Å². The summed E-state index contributed by atoms with van der Waals surface area (Å²) in [6, 6.07) is 15.5. The van der Waals surface area contributed by atoms with Crippen LogP contribution in [0.1, 0.15) is 5.69 Å². The van der Waals surface area contributed by atoms with E-state index in [0.717, 1.165) is 33.5 Å². The van der Waals surface area contributed by atoms with Crippen molar-refractivity contribution in [1.29, 1.82) is 0 Å². The molecule has 142 valence electrons. The fraction of sp³-hybridized carbons (Fsp3) is 0.158. The molecule has 4 rings (SSSR count). The van der Waals surface area contributed by atoms with Crippen LogP contribution in [0.25, 0.3) is 16.3 Å². The monoisotopic (exact) mass is 411 g/mol. The predicted molar refractivity (Wildman–Crippen MR) is 109 cm³/mol. The maximum absolute atomic E-state index is 5.20. The smallest absolute Gasteiger partial charge is 0.214 e. The molecular weight excluding hydrogens is 394 g/mol. The summed E-state index contributed by atoms with van der Waals surface area (Å²) in [6.07, 6.45) is 0. The molecule has 9 heteroatoms. The lowest BCUT2D eigenvalue weighted by atomic mass is 10.2. The lowest BCUT2D eigenvalue weighted by molar-refractivity contribution is 0.414. The molecule has 0 amide bonds. The Morgan fingerprint density at radius 3 is 2.32 bits per heavy atom. The lowest BCUT2D eigenvalue weighted by Gasteiger charge is -2.05. The van der Waals surface area contributed by atoms with E-state index < -0.39 is 0 Å². The van der Waals surface area contributed by atoms with Crippen LogP contribution in [0, 0.1) is 0 Å².